The molecule has 7 heteroatoms. The molecule has 2 N–H and O–H groups in total. The summed E-state index contributed by atoms with van der Waals surface area (Å²) in [5.74, 6) is -0.193. The highest BCUT2D eigenvalue weighted by Gasteiger charge is 2.25. The van der Waals surface area contributed by atoms with Gasteiger partial charge in [0.1, 0.15) is 12.1 Å². The van der Waals surface area contributed by atoms with Crippen LogP contribution in [0.5, 0.6) is 0 Å². The zero-order valence-electron chi connectivity index (χ0n) is 17.6. The van der Waals surface area contributed by atoms with E-state index in [9.17, 15) is 14.9 Å². The molecule has 0 aromatic heterocycles. The predicted octanol–water partition coefficient (Wildman–Crippen LogP) is 1.87. The van der Waals surface area contributed by atoms with Crippen molar-refractivity contribution >= 4 is 11.8 Å². The van der Waals surface area contributed by atoms with Crippen molar-refractivity contribution in [3.63, 3.8) is 0 Å². The molecule has 2 aliphatic rings. The number of hydrogen-bond donors (Lipinski definition) is 2. The minimum absolute atomic E-state index is 0.0616. The summed E-state index contributed by atoms with van der Waals surface area (Å²) in [4.78, 5) is 26.2. The van der Waals surface area contributed by atoms with Gasteiger partial charge in [-0.3, -0.25) is 9.59 Å². The minimum Gasteiger partial charge on any atom is -0.367 e. The Hall–Kier alpha value is -3.21. The van der Waals surface area contributed by atoms with Gasteiger partial charge in [-0.25, -0.2) is 0 Å². The molecule has 1 saturated heterocycles. The Bertz CT molecular complexity index is 1000. The van der Waals surface area contributed by atoms with Crippen LogP contribution in [0.15, 0.2) is 42.5 Å². The molecule has 2 aromatic rings. The summed E-state index contributed by atoms with van der Waals surface area (Å²) in [7, 11) is 1.81. The molecule has 0 spiro atoms. The third-order valence-electron chi connectivity index (χ3n) is 5.73. The van der Waals surface area contributed by atoms with Gasteiger partial charge in [0.15, 0.2) is 0 Å². The standard InChI is InChI=1S/C24H26N4O3/c1-28-15-19-12-18(7-8-21(19)24(28)30)17-5-3-16(4-6-17)11-20(13-25)27-23(29)22-14-26-9-2-10-31-22/h3-8,12,20,22,26H,2,9-11,14-15H2,1H3,(H,27,29)/t20-,22+/m0/s1. The molecule has 7 nitrogen and oxygen atoms in total. The fourth-order valence-corrected chi connectivity index (χ4v) is 3.99. The lowest BCUT2D eigenvalue weighted by Gasteiger charge is -2.18. The van der Waals surface area contributed by atoms with Gasteiger partial charge in [-0.2, -0.15) is 5.26 Å². The monoisotopic (exact) mass is 418 g/mol. The molecule has 0 aliphatic carbocycles. The van der Waals surface area contributed by atoms with Gasteiger partial charge in [-0.1, -0.05) is 30.3 Å². The van der Waals surface area contributed by atoms with Crippen molar-refractivity contribution in [2.45, 2.75) is 31.5 Å². The van der Waals surface area contributed by atoms with Crippen LogP contribution in [0.2, 0.25) is 0 Å². The molecule has 2 heterocycles. The lowest BCUT2D eigenvalue weighted by atomic mass is 9.98. The number of benzene rings is 2. The van der Waals surface area contributed by atoms with Gasteiger partial charge < -0.3 is 20.3 Å². The average Bonchev–Trinajstić information content (AvgIpc) is 2.95. The number of fused-ring (bicyclic) bond motifs is 1. The van der Waals surface area contributed by atoms with E-state index in [1.165, 1.54) is 0 Å². The Labute approximate surface area is 182 Å². The van der Waals surface area contributed by atoms with Crippen LogP contribution in [0, 0.1) is 11.3 Å². The molecule has 2 aromatic carbocycles. The highest BCUT2D eigenvalue weighted by molar-refractivity contribution is 5.98. The Morgan fingerprint density at radius 3 is 2.84 bits per heavy atom. The summed E-state index contributed by atoms with van der Waals surface area (Å²) in [6.45, 7) is 2.46. The fourth-order valence-electron chi connectivity index (χ4n) is 3.99. The van der Waals surface area contributed by atoms with Crippen LogP contribution in [-0.2, 0) is 22.5 Å². The topological polar surface area (TPSA) is 94.5 Å². The molecule has 160 valence electrons. The van der Waals surface area contributed by atoms with Crippen LogP contribution < -0.4 is 10.6 Å². The number of carbonyl (C=O) groups excluding carboxylic acids is 2. The Morgan fingerprint density at radius 1 is 1.29 bits per heavy atom. The SMILES string of the molecule is CN1Cc2cc(-c3ccc(C[C@@H](C#N)NC(=O)[C@H]4CNCCCO4)cc3)ccc2C1=O. The molecule has 0 radical (unpaired) electrons. The van der Waals surface area contributed by atoms with Crippen molar-refractivity contribution in [1.82, 2.24) is 15.5 Å². The van der Waals surface area contributed by atoms with Gasteiger partial charge in [0.2, 0.25) is 0 Å². The molecular weight excluding hydrogens is 392 g/mol. The quantitative estimate of drug-likeness (QED) is 0.773. The first-order chi connectivity index (χ1) is 15.0. The zero-order valence-corrected chi connectivity index (χ0v) is 17.6. The minimum atomic E-state index is -0.619. The molecule has 2 atom stereocenters. The highest BCUT2D eigenvalue weighted by Crippen LogP contribution is 2.28. The first-order valence-electron chi connectivity index (χ1n) is 10.5. The van der Waals surface area contributed by atoms with E-state index in [2.05, 4.69) is 22.8 Å². The summed E-state index contributed by atoms with van der Waals surface area (Å²) in [5.41, 5.74) is 4.87. The number of nitrogens with one attached hydrogen (secondary N) is 2. The van der Waals surface area contributed by atoms with E-state index in [1.54, 1.807) is 11.9 Å². The summed E-state index contributed by atoms with van der Waals surface area (Å²) < 4.78 is 5.56. The number of carbonyl (C=O) groups is 2. The van der Waals surface area contributed by atoms with Crippen LogP contribution in [0.1, 0.15) is 27.9 Å². The van der Waals surface area contributed by atoms with Gasteiger partial charge >= 0.3 is 0 Å². The number of hydrogen-bond acceptors (Lipinski definition) is 5. The van der Waals surface area contributed by atoms with Gasteiger partial charge in [-0.05, 0) is 47.4 Å². The van der Waals surface area contributed by atoms with E-state index in [0.29, 0.717) is 26.1 Å². The lowest BCUT2D eigenvalue weighted by molar-refractivity contribution is -0.132. The van der Waals surface area contributed by atoms with Crippen LogP contribution in [0.25, 0.3) is 11.1 Å². The first-order valence-corrected chi connectivity index (χ1v) is 10.5. The van der Waals surface area contributed by atoms with Crippen molar-refractivity contribution in [2.75, 3.05) is 26.7 Å². The van der Waals surface area contributed by atoms with Gasteiger partial charge in [-0.15, -0.1) is 0 Å². The average molecular weight is 418 g/mol. The van der Waals surface area contributed by atoms with Crippen molar-refractivity contribution in [3.05, 3.63) is 59.2 Å². The van der Waals surface area contributed by atoms with E-state index < -0.39 is 12.1 Å². The molecule has 0 unspecified atom stereocenters. The molecule has 0 saturated carbocycles. The van der Waals surface area contributed by atoms with Gasteiger partial charge in [0.25, 0.3) is 11.8 Å². The van der Waals surface area contributed by atoms with E-state index in [4.69, 9.17) is 4.74 Å². The molecule has 31 heavy (non-hydrogen) atoms. The predicted molar refractivity (Wildman–Crippen MR) is 116 cm³/mol. The Morgan fingerprint density at radius 2 is 2.06 bits per heavy atom. The summed E-state index contributed by atoms with van der Waals surface area (Å²) >= 11 is 0. The number of ether oxygens (including phenoxy) is 1. The molecular formula is C24H26N4O3. The van der Waals surface area contributed by atoms with E-state index >= 15 is 0 Å². The second-order valence-corrected chi connectivity index (χ2v) is 8.04. The Kier molecular flexibility index (Phi) is 6.31. The van der Waals surface area contributed by atoms with Gasteiger partial charge in [0, 0.05) is 38.7 Å². The van der Waals surface area contributed by atoms with E-state index in [-0.39, 0.29) is 11.8 Å². The molecule has 1 fully saturated rings. The van der Waals surface area contributed by atoms with E-state index in [1.807, 2.05) is 36.4 Å². The first kappa shape index (κ1) is 21.0. The van der Waals surface area contributed by atoms with Crippen LogP contribution in [0.4, 0.5) is 0 Å². The molecule has 0 bridgehead atoms. The zero-order chi connectivity index (χ0) is 21.8. The number of nitrogens with zero attached hydrogens (tertiary/aromatic N) is 2. The second kappa shape index (κ2) is 9.29. The summed E-state index contributed by atoms with van der Waals surface area (Å²) in [5, 5.41) is 15.5. The van der Waals surface area contributed by atoms with E-state index in [0.717, 1.165) is 40.8 Å². The number of amides is 2. The molecule has 2 amide bonds. The van der Waals surface area contributed by atoms with Crippen molar-refractivity contribution in [1.29, 1.82) is 5.26 Å². The smallest absolute Gasteiger partial charge is 0.254 e. The number of nitriles is 1. The lowest BCUT2D eigenvalue weighted by Crippen LogP contribution is -2.46. The second-order valence-electron chi connectivity index (χ2n) is 8.04. The van der Waals surface area contributed by atoms with Gasteiger partial charge in [0.05, 0.1) is 6.07 Å². The molecule has 4 rings (SSSR count). The van der Waals surface area contributed by atoms with Crippen LogP contribution >= 0.6 is 0 Å². The largest absolute Gasteiger partial charge is 0.367 e. The van der Waals surface area contributed by atoms with Crippen LogP contribution in [-0.4, -0.2) is 55.6 Å². The maximum Gasteiger partial charge on any atom is 0.254 e. The fraction of sp³-hybridized carbons (Fsp3) is 0.375. The maximum absolute atomic E-state index is 12.4. The summed E-state index contributed by atoms with van der Waals surface area (Å²) in [6.07, 6.45) is 0.729. The third kappa shape index (κ3) is 4.76. The van der Waals surface area contributed by atoms with Crippen molar-refractivity contribution in [3.8, 4) is 17.2 Å². The van der Waals surface area contributed by atoms with Crippen LogP contribution in [0.3, 0.4) is 0 Å². The van der Waals surface area contributed by atoms with Crippen molar-refractivity contribution in [2.24, 2.45) is 0 Å². The maximum atomic E-state index is 12.4. The molecule has 2 aliphatic heterocycles. The Balaban J connectivity index is 1.40. The number of rotatable bonds is 5. The highest BCUT2D eigenvalue weighted by atomic mass is 16.5. The van der Waals surface area contributed by atoms with Crippen molar-refractivity contribution < 1.29 is 14.3 Å². The third-order valence-corrected chi connectivity index (χ3v) is 5.73. The normalized spacial score (nSPS) is 19.3. The summed E-state index contributed by atoms with van der Waals surface area (Å²) in [6, 6.07) is 15.4.